The summed E-state index contributed by atoms with van der Waals surface area (Å²) in [5.41, 5.74) is 2.06. The van der Waals surface area contributed by atoms with E-state index in [2.05, 4.69) is 0 Å². The predicted molar refractivity (Wildman–Crippen MR) is 155 cm³/mol. The molecular weight excluding hydrogens is 554 g/mol. The van der Waals surface area contributed by atoms with Crippen molar-refractivity contribution in [3.8, 4) is 11.4 Å². The Morgan fingerprint density at radius 3 is 2.56 bits per heavy atom. The van der Waals surface area contributed by atoms with E-state index in [4.69, 9.17) is 21.3 Å². The van der Waals surface area contributed by atoms with Crippen LogP contribution in [0.4, 0.5) is 0 Å². The molecule has 7 nitrogen and oxygen atoms in total. The van der Waals surface area contributed by atoms with Crippen molar-refractivity contribution in [3.63, 3.8) is 0 Å². The van der Waals surface area contributed by atoms with Crippen molar-refractivity contribution >= 4 is 56.7 Å². The fraction of sp³-hybridized carbons (Fsp3) is 0.310. The SMILES string of the molecule is COc1ccc(-n2c(S[C@H]3CCCCN(C(=O)c4ccc(Cl)cc4)C3=O)nc3sc4c(c3c2=O)CCC4)cc1. The third kappa shape index (κ3) is 4.88. The molecule has 3 heterocycles. The summed E-state index contributed by atoms with van der Waals surface area (Å²) in [6, 6.07) is 13.8. The number of hydrogen-bond donors (Lipinski definition) is 0. The van der Waals surface area contributed by atoms with Crippen LogP contribution in [-0.2, 0) is 17.6 Å². The van der Waals surface area contributed by atoms with Crippen molar-refractivity contribution in [2.45, 2.75) is 48.9 Å². The molecule has 1 aliphatic carbocycles. The normalized spacial score (nSPS) is 17.3. The number of thiophene rings is 1. The van der Waals surface area contributed by atoms with E-state index < -0.39 is 5.25 Å². The van der Waals surface area contributed by atoms with E-state index in [0.717, 1.165) is 37.7 Å². The highest BCUT2D eigenvalue weighted by Gasteiger charge is 2.34. The van der Waals surface area contributed by atoms with Gasteiger partial charge in [0.2, 0.25) is 5.91 Å². The molecule has 2 amide bonds. The van der Waals surface area contributed by atoms with Crippen LogP contribution in [0.2, 0.25) is 5.02 Å². The van der Waals surface area contributed by atoms with Crippen LogP contribution >= 0.6 is 34.7 Å². The summed E-state index contributed by atoms with van der Waals surface area (Å²) >= 11 is 8.84. The maximum Gasteiger partial charge on any atom is 0.267 e. The molecule has 39 heavy (non-hydrogen) atoms. The van der Waals surface area contributed by atoms with E-state index in [9.17, 15) is 14.4 Å². The van der Waals surface area contributed by atoms with Gasteiger partial charge in [-0.15, -0.1) is 11.3 Å². The summed E-state index contributed by atoms with van der Waals surface area (Å²) in [6.07, 6.45) is 4.98. The number of methoxy groups -OCH3 is 1. The average molecular weight is 580 g/mol. The first-order chi connectivity index (χ1) is 18.9. The highest BCUT2D eigenvalue weighted by molar-refractivity contribution is 8.00. The molecule has 0 unspecified atom stereocenters. The molecule has 6 rings (SSSR count). The van der Waals surface area contributed by atoms with E-state index in [1.807, 2.05) is 24.3 Å². The largest absolute Gasteiger partial charge is 0.497 e. The summed E-state index contributed by atoms with van der Waals surface area (Å²) in [5, 5.41) is 1.11. The first-order valence-corrected chi connectivity index (χ1v) is 15.0. The Morgan fingerprint density at radius 1 is 1.05 bits per heavy atom. The van der Waals surface area contributed by atoms with Crippen LogP contribution in [-0.4, -0.2) is 45.2 Å². The summed E-state index contributed by atoms with van der Waals surface area (Å²) < 4.78 is 6.93. The van der Waals surface area contributed by atoms with Gasteiger partial charge in [0.05, 0.1) is 23.4 Å². The number of benzene rings is 2. The van der Waals surface area contributed by atoms with Crippen molar-refractivity contribution in [1.82, 2.24) is 14.5 Å². The van der Waals surface area contributed by atoms with Gasteiger partial charge in [-0.05, 0) is 86.2 Å². The van der Waals surface area contributed by atoms with Crippen LogP contribution in [0.3, 0.4) is 0 Å². The lowest BCUT2D eigenvalue weighted by atomic mass is 10.2. The third-order valence-electron chi connectivity index (χ3n) is 7.26. The molecule has 0 bridgehead atoms. The topological polar surface area (TPSA) is 81.5 Å². The number of halogens is 1. The number of imide groups is 1. The quantitative estimate of drug-likeness (QED) is 0.216. The molecule has 0 spiro atoms. The van der Waals surface area contributed by atoms with E-state index in [1.165, 1.54) is 21.5 Å². The monoisotopic (exact) mass is 579 g/mol. The fourth-order valence-corrected chi connectivity index (χ4v) is 7.90. The minimum Gasteiger partial charge on any atom is -0.497 e. The van der Waals surface area contributed by atoms with Gasteiger partial charge in [-0.3, -0.25) is 23.9 Å². The number of carbonyl (C=O) groups is 2. The lowest BCUT2D eigenvalue weighted by Gasteiger charge is -2.23. The van der Waals surface area contributed by atoms with Crippen LogP contribution in [0.5, 0.6) is 5.75 Å². The molecule has 1 fully saturated rings. The number of carbonyl (C=O) groups excluding carboxylic acids is 2. The van der Waals surface area contributed by atoms with Gasteiger partial charge in [-0.25, -0.2) is 4.98 Å². The molecule has 2 aliphatic rings. The smallest absolute Gasteiger partial charge is 0.267 e. The van der Waals surface area contributed by atoms with Gasteiger partial charge < -0.3 is 4.74 Å². The Hall–Kier alpha value is -3.14. The Bertz CT molecular complexity index is 1630. The number of thioether (sulfide) groups is 1. The molecule has 0 radical (unpaired) electrons. The number of rotatable bonds is 5. The Kier molecular flexibility index (Phi) is 7.22. The number of likely N-dealkylation sites (tertiary alicyclic amines) is 1. The van der Waals surface area contributed by atoms with E-state index in [-0.39, 0.29) is 17.4 Å². The van der Waals surface area contributed by atoms with Crippen molar-refractivity contribution in [3.05, 3.63) is 79.9 Å². The number of aryl methyl sites for hydroxylation is 2. The summed E-state index contributed by atoms with van der Waals surface area (Å²) in [6.45, 7) is 0.354. The molecule has 1 aliphatic heterocycles. The third-order valence-corrected chi connectivity index (χ3v) is 9.91. The second-order valence-electron chi connectivity index (χ2n) is 9.67. The van der Waals surface area contributed by atoms with Gasteiger partial charge in [0.1, 0.15) is 10.6 Å². The molecule has 10 heteroatoms. The second-order valence-corrected chi connectivity index (χ2v) is 12.4. The summed E-state index contributed by atoms with van der Waals surface area (Å²) in [4.78, 5) is 49.3. The molecule has 2 aromatic heterocycles. The van der Waals surface area contributed by atoms with Crippen LogP contribution in [0, 0.1) is 0 Å². The van der Waals surface area contributed by atoms with Gasteiger partial charge in [0.25, 0.3) is 11.5 Å². The van der Waals surface area contributed by atoms with E-state index in [0.29, 0.717) is 50.4 Å². The zero-order chi connectivity index (χ0) is 27.1. The van der Waals surface area contributed by atoms with Gasteiger partial charge in [0, 0.05) is 22.0 Å². The Balaban J connectivity index is 1.40. The Labute approximate surface area is 238 Å². The van der Waals surface area contributed by atoms with Crippen LogP contribution in [0.25, 0.3) is 15.9 Å². The lowest BCUT2D eigenvalue weighted by molar-refractivity contribution is -0.127. The molecular formula is C29H26ClN3O4S2. The molecule has 0 N–H and O–H groups in total. The number of hydrogen-bond acceptors (Lipinski definition) is 7. The molecule has 0 saturated carbocycles. The van der Waals surface area contributed by atoms with Crippen molar-refractivity contribution < 1.29 is 14.3 Å². The first kappa shape index (κ1) is 26.1. The molecule has 4 aromatic rings. The highest BCUT2D eigenvalue weighted by Crippen LogP contribution is 2.38. The molecule has 1 saturated heterocycles. The fourth-order valence-electron chi connectivity index (χ4n) is 5.26. The van der Waals surface area contributed by atoms with Gasteiger partial charge in [-0.2, -0.15) is 0 Å². The van der Waals surface area contributed by atoms with E-state index >= 15 is 0 Å². The van der Waals surface area contributed by atoms with Crippen molar-refractivity contribution in [2.24, 2.45) is 0 Å². The highest BCUT2D eigenvalue weighted by atomic mass is 35.5. The number of nitrogens with zero attached hydrogens (tertiary/aromatic N) is 3. The number of fused-ring (bicyclic) bond motifs is 3. The Morgan fingerprint density at radius 2 is 1.82 bits per heavy atom. The van der Waals surface area contributed by atoms with Crippen LogP contribution < -0.4 is 10.3 Å². The zero-order valence-corrected chi connectivity index (χ0v) is 23.7. The lowest BCUT2D eigenvalue weighted by Crippen LogP contribution is -2.41. The maximum atomic E-state index is 14.0. The zero-order valence-electron chi connectivity index (χ0n) is 21.3. The van der Waals surface area contributed by atoms with Crippen molar-refractivity contribution in [2.75, 3.05) is 13.7 Å². The number of aromatic nitrogens is 2. The van der Waals surface area contributed by atoms with E-state index in [1.54, 1.807) is 47.3 Å². The minimum atomic E-state index is -0.551. The molecule has 200 valence electrons. The summed E-state index contributed by atoms with van der Waals surface area (Å²) in [5.74, 6) is 0.0818. The van der Waals surface area contributed by atoms with Crippen molar-refractivity contribution in [1.29, 1.82) is 0 Å². The number of amides is 2. The summed E-state index contributed by atoms with van der Waals surface area (Å²) in [7, 11) is 1.60. The molecule has 1 atom stereocenters. The van der Waals surface area contributed by atoms with Gasteiger partial charge in [-0.1, -0.05) is 29.8 Å². The average Bonchev–Trinajstić information content (AvgIpc) is 3.48. The van der Waals surface area contributed by atoms with Crippen LogP contribution in [0.1, 0.15) is 46.5 Å². The van der Waals surface area contributed by atoms with Crippen LogP contribution in [0.15, 0.2) is 58.5 Å². The first-order valence-electron chi connectivity index (χ1n) is 12.9. The molecule has 2 aromatic carbocycles. The maximum absolute atomic E-state index is 14.0. The number of ether oxygens (including phenoxy) is 1. The standard InChI is InChI=1S/C29H26ClN3O4S2/c1-37-20-14-12-19(13-15-20)33-28(36)24-21-5-4-7-22(21)38-25(24)31-29(33)39-23-6-2-3-16-32(27(23)35)26(34)17-8-10-18(30)11-9-17/h8-15,23H,2-7,16H2,1H3/t23-/m0/s1. The van der Waals surface area contributed by atoms with Gasteiger partial charge >= 0.3 is 0 Å². The van der Waals surface area contributed by atoms with Gasteiger partial charge in [0.15, 0.2) is 5.16 Å². The minimum absolute atomic E-state index is 0.123. The second kappa shape index (κ2) is 10.8. The predicted octanol–water partition coefficient (Wildman–Crippen LogP) is 5.91.